The van der Waals surface area contributed by atoms with Crippen molar-refractivity contribution in [1.29, 1.82) is 0 Å². The van der Waals surface area contributed by atoms with Crippen LogP contribution in [0.4, 0.5) is 0 Å². The third-order valence-electron chi connectivity index (χ3n) is 1.34. The third kappa shape index (κ3) is 2.88. The molecule has 10 heavy (non-hydrogen) atoms. The summed E-state index contributed by atoms with van der Waals surface area (Å²) in [6, 6.07) is 0. The quantitative estimate of drug-likeness (QED) is 0.359. The Morgan fingerprint density at radius 1 is 0.700 bits per heavy atom. The maximum atomic E-state index is 8.56. The van der Waals surface area contributed by atoms with Gasteiger partial charge in [0.1, 0.15) is 0 Å². The first kappa shape index (κ1) is 12.9. The molecule has 0 aliphatic heterocycles. The van der Waals surface area contributed by atoms with Crippen molar-refractivity contribution in [1.82, 2.24) is 0 Å². The van der Waals surface area contributed by atoms with E-state index in [1.807, 2.05) is 0 Å². The molecule has 0 bridgehead atoms. The van der Waals surface area contributed by atoms with Gasteiger partial charge >= 0.3 is 53.1 Å². The molecule has 66 valence electrons. The number of hydrogen-bond donors (Lipinski definition) is 4. The van der Waals surface area contributed by atoms with Crippen molar-refractivity contribution in [3.05, 3.63) is 0 Å². The molecule has 0 aliphatic carbocycles. The molecule has 0 aromatic heterocycles. The number of hydrogen-bond acceptors (Lipinski definition) is 4. The fraction of sp³-hybridized carbons (Fsp3) is 1.00. The Labute approximate surface area is 59.6 Å². The topological polar surface area (TPSA) is 112 Å². The van der Waals surface area contributed by atoms with Gasteiger partial charge in [-0.2, -0.15) is 0 Å². The van der Waals surface area contributed by atoms with Crippen LogP contribution in [0.25, 0.3) is 0 Å². The van der Waals surface area contributed by atoms with E-state index < -0.39 is 7.26 Å². The monoisotopic (exact) mass is 174 g/mol. The Bertz CT molecular complexity index is 56.5. The Morgan fingerprint density at radius 2 is 0.900 bits per heavy atom. The maximum absolute atomic E-state index is 8.56. The minimum absolute atomic E-state index is 0. The van der Waals surface area contributed by atoms with Crippen molar-refractivity contribution in [2.45, 2.75) is 0 Å². The Kier molecular flexibility index (Phi) is 7.69. The van der Waals surface area contributed by atoms with E-state index in [1.54, 1.807) is 0 Å². The summed E-state index contributed by atoms with van der Waals surface area (Å²) >= 11 is 0. The zero-order valence-corrected chi connectivity index (χ0v) is 6.62. The minimum atomic E-state index is -2.47. The standard InChI is InChI=1S/C4H13O4P.H2O/c5-1-9(2-6,3-7)4-8;/h5-9H,1-4H2;1H2. The second-order valence-electron chi connectivity index (χ2n) is 2.13. The van der Waals surface area contributed by atoms with Crippen LogP contribution in [0.3, 0.4) is 0 Å². The van der Waals surface area contributed by atoms with Crippen molar-refractivity contribution in [2.75, 3.05) is 25.4 Å². The Hall–Kier alpha value is 0.230. The van der Waals surface area contributed by atoms with Crippen LogP contribution in [0.15, 0.2) is 0 Å². The molecular formula is C4H15O5P. The molecule has 0 saturated carbocycles. The molecule has 0 unspecified atom stereocenters. The molecule has 0 aromatic carbocycles. The molecule has 0 heterocycles. The third-order valence-corrected chi connectivity index (χ3v) is 4.02. The predicted molar refractivity (Wildman–Crippen MR) is 40.3 cm³/mol. The van der Waals surface area contributed by atoms with Crippen LogP contribution in [-0.2, 0) is 0 Å². The summed E-state index contributed by atoms with van der Waals surface area (Å²) in [7, 11) is -2.47. The van der Waals surface area contributed by atoms with E-state index in [0.29, 0.717) is 0 Å². The van der Waals surface area contributed by atoms with Gasteiger partial charge in [0, 0.05) is 0 Å². The molecule has 0 aromatic rings. The van der Waals surface area contributed by atoms with Crippen molar-refractivity contribution < 1.29 is 25.9 Å². The van der Waals surface area contributed by atoms with Crippen molar-refractivity contribution in [2.24, 2.45) is 0 Å². The molecule has 0 spiro atoms. The van der Waals surface area contributed by atoms with Gasteiger partial charge in [-0.05, 0) is 0 Å². The summed E-state index contributed by atoms with van der Waals surface area (Å²) in [6.07, 6.45) is -1.07. The van der Waals surface area contributed by atoms with E-state index in [0.717, 1.165) is 0 Å². The first-order valence-corrected chi connectivity index (χ1v) is 5.51. The summed E-state index contributed by atoms with van der Waals surface area (Å²) in [5, 5.41) is 34.2. The van der Waals surface area contributed by atoms with E-state index in [4.69, 9.17) is 20.4 Å². The van der Waals surface area contributed by atoms with Crippen LogP contribution in [0, 0.1) is 0 Å². The molecule has 0 saturated heterocycles. The molecule has 0 amide bonds. The summed E-state index contributed by atoms with van der Waals surface area (Å²) in [5.41, 5.74) is 0. The average molecular weight is 174 g/mol. The van der Waals surface area contributed by atoms with Gasteiger partial charge in [-0.3, -0.25) is 0 Å². The molecule has 0 rings (SSSR count). The molecule has 0 fully saturated rings. The van der Waals surface area contributed by atoms with Crippen LogP contribution < -0.4 is 0 Å². The summed E-state index contributed by atoms with van der Waals surface area (Å²) < 4.78 is 0. The molecular weight excluding hydrogens is 159 g/mol. The van der Waals surface area contributed by atoms with E-state index in [9.17, 15) is 0 Å². The fourth-order valence-corrected chi connectivity index (χ4v) is 0.900. The molecule has 5 nitrogen and oxygen atoms in total. The van der Waals surface area contributed by atoms with E-state index in [-0.39, 0.29) is 30.9 Å². The summed E-state index contributed by atoms with van der Waals surface area (Å²) in [4.78, 5) is 0. The number of aliphatic hydroxyl groups excluding tert-OH is 4. The van der Waals surface area contributed by atoms with Crippen LogP contribution in [0.1, 0.15) is 0 Å². The summed E-state index contributed by atoms with van der Waals surface area (Å²) in [5.74, 6) is 0. The molecule has 0 aliphatic rings. The molecule has 6 N–H and O–H groups in total. The van der Waals surface area contributed by atoms with Gasteiger partial charge in [-0.1, -0.05) is 0 Å². The van der Waals surface area contributed by atoms with Gasteiger partial charge in [0.2, 0.25) is 0 Å². The second-order valence-corrected chi connectivity index (χ2v) is 6.40. The number of rotatable bonds is 4. The first-order valence-electron chi connectivity index (χ1n) is 2.68. The van der Waals surface area contributed by atoms with E-state index in [1.165, 1.54) is 0 Å². The van der Waals surface area contributed by atoms with Gasteiger partial charge < -0.3 is 5.48 Å². The Morgan fingerprint density at radius 3 is 0.900 bits per heavy atom. The van der Waals surface area contributed by atoms with Crippen LogP contribution in [0.2, 0.25) is 0 Å². The zero-order valence-electron chi connectivity index (χ0n) is 5.62. The number of aliphatic hydroxyl groups is 4. The fourth-order valence-electron chi connectivity index (χ4n) is 0.300. The van der Waals surface area contributed by atoms with Crippen LogP contribution in [0.5, 0.6) is 0 Å². The normalized spacial score (nSPS) is 12.4. The van der Waals surface area contributed by atoms with Gasteiger partial charge in [0.05, 0.1) is 0 Å². The predicted octanol–water partition coefficient (Wildman–Crippen LogP) is -2.29. The van der Waals surface area contributed by atoms with Crippen molar-refractivity contribution >= 4 is 7.26 Å². The van der Waals surface area contributed by atoms with Gasteiger partial charge in [0.25, 0.3) is 0 Å². The van der Waals surface area contributed by atoms with E-state index >= 15 is 0 Å². The SMILES string of the molecule is O.OC[PH](CO)(CO)CO. The zero-order chi connectivity index (χ0) is 7.33. The van der Waals surface area contributed by atoms with Gasteiger partial charge in [-0.25, -0.2) is 0 Å². The first-order chi connectivity index (χ1) is 4.24. The van der Waals surface area contributed by atoms with Crippen LogP contribution in [-0.4, -0.2) is 51.3 Å². The summed E-state index contributed by atoms with van der Waals surface area (Å²) in [6.45, 7) is 0. The second kappa shape index (κ2) is 5.97. The average Bonchev–Trinajstić information content (AvgIpc) is 1.95. The molecule has 0 atom stereocenters. The molecule has 6 heteroatoms. The van der Waals surface area contributed by atoms with Gasteiger partial charge in [0.15, 0.2) is 0 Å². The van der Waals surface area contributed by atoms with Crippen LogP contribution >= 0.6 is 7.26 Å². The van der Waals surface area contributed by atoms with E-state index in [2.05, 4.69) is 0 Å². The van der Waals surface area contributed by atoms with Gasteiger partial charge in [-0.15, -0.1) is 0 Å². The molecule has 0 radical (unpaired) electrons. The van der Waals surface area contributed by atoms with Crippen molar-refractivity contribution in [3.8, 4) is 0 Å². The van der Waals surface area contributed by atoms with Crippen molar-refractivity contribution in [3.63, 3.8) is 0 Å². The Balaban J connectivity index is 0.